The van der Waals surface area contributed by atoms with Crippen LogP contribution in [-0.4, -0.2) is 53.7 Å². The Kier molecular flexibility index (Phi) is 4.49. The molecule has 0 spiro atoms. The molecular weight excluding hydrogens is 228 g/mol. The van der Waals surface area contributed by atoms with Crippen molar-refractivity contribution < 1.29 is 5.11 Å². The highest BCUT2D eigenvalue weighted by atomic mass is 16.3. The number of aliphatic hydroxyl groups is 1. The van der Waals surface area contributed by atoms with Crippen LogP contribution in [0.4, 0.5) is 5.95 Å². The second kappa shape index (κ2) is 6.11. The molecule has 1 N–H and O–H groups in total. The molecule has 1 saturated heterocycles. The van der Waals surface area contributed by atoms with E-state index in [4.69, 9.17) is 5.11 Å². The van der Waals surface area contributed by atoms with Gasteiger partial charge >= 0.3 is 0 Å². The second-order valence-electron chi connectivity index (χ2n) is 5.24. The first kappa shape index (κ1) is 13.2. The van der Waals surface area contributed by atoms with Crippen molar-refractivity contribution in [2.75, 3.05) is 38.6 Å². The molecule has 18 heavy (non-hydrogen) atoms. The maximum absolute atomic E-state index is 8.96. The fraction of sp³-hybridized carbons (Fsp3) is 0.692. The van der Waals surface area contributed by atoms with E-state index < -0.39 is 0 Å². The Labute approximate surface area is 108 Å². The van der Waals surface area contributed by atoms with Crippen LogP contribution in [0.3, 0.4) is 0 Å². The lowest BCUT2D eigenvalue weighted by molar-refractivity contribution is 0.280. The minimum Gasteiger partial charge on any atom is -0.392 e. The lowest BCUT2D eigenvalue weighted by Crippen LogP contribution is -2.37. The zero-order valence-electron chi connectivity index (χ0n) is 11.2. The summed E-state index contributed by atoms with van der Waals surface area (Å²) in [5.74, 6) is 1.57. The van der Waals surface area contributed by atoms with E-state index >= 15 is 0 Å². The first-order valence-electron chi connectivity index (χ1n) is 6.50. The van der Waals surface area contributed by atoms with Gasteiger partial charge in [0.05, 0.1) is 6.61 Å². The Morgan fingerprint density at radius 1 is 1.28 bits per heavy atom. The van der Waals surface area contributed by atoms with Gasteiger partial charge in [0.15, 0.2) is 0 Å². The average Bonchev–Trinajstić information content (AvgIpc) is 2.39. The molecule has 5 heteroatoms. The Hall–Kier alpha value is -1.20. The zero-order chi connectivity index (χ0) is 13.0. The summed E-state index contributed by atoms with van der Waals surface area (Å²) >= 11 is 0. The monoisotopic (exact) mass is 250 g/mol. The molecule has 0 saturated carbocycles. The van der Waals surface area contributed by atoms with Gasteiger partial charge in [-0.15, -0.1) is 0 Å². The number of anilines is 1. The summed E-state index contributed by atoms with van der Waals surface area (Å²) < 4.78 is 0. The normalized spacial score (nSPS) is 17.4. The summed E-state index contributed by atoms with van der Waals surface area (Å²) in [6, 6.07) is 0. The lowest BCUT2D eigenvalue weighted by Gasteiger charge is -2.33. The number of aliphatic hydroxyl groups excluding tert-OH is 1. The van der Waals surface area contributed by atoms with Crippen LogP contribution in [0.5, 0.6) is 0 Å². The summed E-state index contributed by atoms with van der Waals surface area (Å²) in [5.41, 5.74) is 0.765. The van der Waals surface area contributed by atoms with Gasteiger partial charge in [-0.05, 0) is 32.9 Å². The van der Waals surface area contributed by atoms with Crippen LogP contribution in [0.25, 0.3) is 0 Å². The Morgan fingerprint density at radius 3 is 2.39 bits per heavy atom. The molecular formula is C13H22N4O. The van der Waals surface area contributed by atoms with E-state index in [0.717, 1.165) is 37.1 Å². The molecule has 2 heterocycles. The van der Waals surface area contributed by atoms with Crippen LogP contribution in [-0.2, 0) is 6.61 Å². The van der Waals surface area contributed by atoms with Gasteiger partial charge in [0.2, 0.25) is 5.95 Å². The average molecular weight is 250 g/mol. The van der Waals surface area contributed by atoms with Gasteiger partial charge in [-0.1, -0.05) is 0 Å². The van der Waals surface area contributed by atoms with Crippen molar-refractivity contribution in [1.82, 2.24) is 14.9 Å². The van der Waals surface area contributed by atoms with Crippen molar-refractivity contribution >= 4 is 5.95 Å². The van der Waals surface area contributed by atoms with Crippen LogP contribution >= 0.6 is 0 Å². The van der Waals surface area contributed by atoms with E-state index in [2.05, 4.69) is 33.9 Å². The van der Waals surface area contributed by atoms with Gasteiger partial charge in [-0.3, -0.25) is 0 Å². The van der Waals surface area contributed by atoms with Crippen LogP contribution < -0.4 is 4.90 Å². The smallest absolute Gasteiger partial charge is 0.225 e. The van der Waals surface area contributed by atoms with Gasteiger partial charge in [0.25, 0.3) is 0 Å². The molecule has 100 valence electrons. The molecule has 5 nitrogen and oxygen atoms in total. The van der Waals surface area contributed by atoms with Crippen LogP contribution in [0.2, 0.25) is 0 Å². The molecule has 1 aromatic heterocycles. The van der Waals surface area contributed by atoms with Crippen molar-refractivity contribution in [1.29, 1.82) is 0 Å². The number of hydrogen-bond donors (Lipinski definition) is 1. The number of aromatic nitrogens is 2. The standard InChI is InChI=1S/C13H22N4O/c1-16(2)9-11-3-5-17(6-4-11)13-14-7-12(10-18)8-15-13/h7-8,11,18H,3-6,9-10H2,1-2H3. The van der Waals surface area contributed by atoms with E-state index in [1.807, 2.05) is 0 Å². The summed E-state index contributed by atoms with van der Waals surface area (Å²) in [6.07, 6.45) is 5.80. The molecule has 0 amide bonds. The molecule has 2 rings (SSSR count). The van der Waals surface area contributed by atoms with Crippen LogP contribution in [0.1, 0.15) is 18.4 Å². The molecule has 0 aromatic carbocycles. The van der Waals surface area contributed by atoms with Gasteiger partial charge in [-0.2, -0.15) is 0 Å². The van der Waals surface area contributed by atoms with Gasteiger partial charge in [0, 0.05) is 37.6 Å². The highest BCUT2D eigenvalue weighted by Crippen LogP contribution is 2.20. The van der Waals surface area contributed by atoms with Gasteiger partial charge < -0.3 is 14.9 Å². The third-order valence-corrected chi connectivity index (χ3v) is 3.39. The van der Waals surface area contributed by atoms with E-state index in [-0.39, 0.29) is 6.61 Å². The van der Waals surface area contributed by atoms with E-state index in [9.17, 15) is 0 Å². The number of piperidine rings is 1. The summed E-state index contributed by atoms with van der Waals surface area (Å²) in [6.45, 7) is 3.22. The van der Waals surface area contributed by atoms with Crippen molar-refractivity contribution in [2.24, 2.45) is 5.92 Å². The van der Waals surface area contributed by atoms with Gasteiger partial charge in [0.1, 0.15) is 0 Å². The third-order valence-electron chi connectivity index (χ3n) is 3.39. The molecule has 1 fully saturated rings. The van der Waals surface area contributed by atoms with Gasteiger partial charge in [-0.25, -0.2) is 9.97 Å². The molecule has 1 aromatic rings. The molecule has 1 aliphatic rings. The number of hydrogen-bond acceptors (Lipinski definition) is 5. The van der Waals surface area contributed by atoms with Crippen molar-refractivity contribution in [3.05, 3.63) is 18.0 Å². The quantitative estimate of drug-likeness (QED) is 0.854. The largest absolute Gasteiger partial charge is 0.392 e. The van der Waals surface area contributed by atoms with E-state index in [0.29, 0.717) is 0 Å². The zero-order valence-corrected chi connectivity index (χ0v) is 11.2. The first-order chi connectivity index (χ1) is 8.69. The van der Waals surface area contributed by atoms with E-state index in [1.54, 1.807) is 12.4 Å². The molecule has 0 radical (unpaired) electrons. The predicted octanol–water partition coefficient (Wildman–Crippen LogP) is 0.747. The van der Waals surface area contributed by atoms with Crippen LogP contribution in [0.15, 0.2) is 12.4 Å². The molecule has 0 aliphatic carbocycles. The highest BCUT2D eigenvalue weighted by Gasteiger charge is 2.21. The molecule has 0 bridgehead atoms. The fourth-order valence-electron chi connectivity index (χ4n) is 2.42. The highest BCUT2D eigenvalue weighted by molar-refractivity contribution is 5.30. The first-order valence-corrected chi connectivity index (χ1v) is 6.50. The topological polar surface area (TPSA) is 52.5 Å². The lowest BCUT2D eigenvalue weighted by atomic mass is 9.97. The summed E-state index contributed by atoms with van der Waals surface area (Å²) in [4.78, 5) is 13.1. The van der Waals surface area contributed by atoms with Crippen molar-refractivity contribution in [3.8, 4) is 0 Å². The molecule has 1 aliphatic heterocycles. The van der Waals surface area contributed by atoms with Crippen molar-refractivity contribution in [2.45, 2.75) is 19.4 Å². The maximum Gasteiger partial charge on any atom is 0.225 e. The summed E-state index contributed by atoms with van der Waals surface area (Å²) in [7, 11) is 4.26. The van der Waals surface area contributed by atoms with Crippen LogP contribution in [0, 0.1) is 5.92 Å². The third kappa shape index (κ3) is 3.40. The van der Waals surface area contributed by atoms with E-state index in [1.165, 1.54) is 12.8 Å². The Bertz CT molecular complexity index is 358. The maximum atomic E-state index is 8.96. The Balaban J connectivity index is 1.88. The summed E-state index contributed by atoms with van der Waals surface area (Å²) in [5, 5.41) is 8.96. The minimum atomic E-state index is 0.00515. The van der Waals surface area contributed by atoms with Crippen molar-refractivity contribution in [3.63, 3.8) is 0 Å². The predicted molar refractivity (Wildman–Crippen MR) is 71.4 cm³/mol. The SMILES string of the molecule is CN(C)CC1CCN(c2ncc(CO)cn2)CC1. The Morgan fingerprint density at radius 2 is 1.89 bits per heavy atom. The molecule has 0 unspecified atom stereocenters. The molecule has 0 atom stereocenters. The second-order valence-corrected chi connectivity index (χ2v) is 5.24. The fourth-order valence-corrected chi connectivity index (χ4v) is 2.42. The minimum absolute atomic E-state index is 0.00515. The number of rotatable bonds is 4. The number of nitrogens with zero attached hydrogens (tertiary/aromatic N) is 4.